The molecule has 9 heteroatoms. The summed E-state index contributed by atoms with van der Waals surface area (Å²) in [6, 6.07) is 7.67. The summed E-state index contributed by atoms with van der Waals surface area (Å²) in [4.78, 5) is 20.4. The molecular weight excluding hydrogens is 305 g/mol. The molecule has 1 heterocycles. The van der Waals surface area contributed by atoms with Crippen molar-refractivity contribution in [3.63, 3.8) is 0 Å². The van der Waals surface area contributed by atoms with Crippen LogP contribution in [0.3, 0.4) is 0 Å². The Labute approximate surface area is 123 Å². The van der Waals surface area contributed by atoms with E-state index in [0.717, 1.165) is 10.9 Å². The van der Waals surface area contributed by atoms with Crippen LogP contribution in [0.1, 0.15) is 10.4 Å². The lowest BCUT2D eigenvalue weighted by Gasteiger charge is -2.01. The normalized spacial score (nSPS) is 10.6. The number of halogens is 3. The van der Waals surface area contributed by atoms with Gasteiger partial charge in [-0.05, 0) is 6.07 Å². The zero-order valence-electron chi connectivity index (χ0n) is 11.6. The second-order valence-corrected chi connectivity index (χ2v) is 3.95. The molecule has 0 saturated carbocycles. The van der Waals surface area contributed by atoms with E-state index in [0.29, 0.717) is 5.56 Å². The van der Waals surface area contributed by atoms with E-state index < -0.39 is 12.1 Å². The first kappa shape index (κ1) is 17.3. The number of hydrogen-bond donors (Lipinski definition) is 2. The highest BCUT2D eigenvalue weighted by Gasteiger charge is 2.38. The highest BCUT2D eigenvalue weighted by molar-refractivity contribution is 6.04. The Bertz CT molecular complexity index is 679. The summed E-state index contributed by atoms with van der Waals surface area (Å²) in [7, 11) is 3.18. The van der Waals surface area contributed by atoms with Gasteiger partial charge >= 0.3 is 18.1 Å². The zero-order chi connectivity index (χ0) is 16.9. The first-order chi connectivity index (χ1) is 10.2. The molecule has 2 aromatic rings. The van der Waals surface area contributed by atoms with Crippen LogP contribution in [0, 0.1) is 0 Å². The number of ether oxygens (including phenoxy) is 1. The van der Waals surface area contributed by atoms with Crippen LogP contribution in [0.4, 0.5) is 13.2 Å². The fourth-order valence-electron chi connectivity index (χ4n) is 1.64. The van der Waals surface area contributed by atoms with Gasteiger partial charge in [-0.25, -0.2) is 9.59 Å². The Hall–Kier alpha value is -2.71. The van der Waals surface area contributed by atoms with E-state index in [4.69, 9.17) is 14.6 Å². The summed E-state index contributed by atoms with van der Waals surface area (Å²) in [5.74, 6) is -3.08. The van der Waals surface area contributed by atoms with E-state index in [1.807, 2.05) is 24.3 Å². The lowest BCUT2D eigenvalue weighted by molar-refractivity contribution is -0.192. The van der Waals surface area contributed by atoms with E-state index in [1.54, 1.807) is 17.9 Å². The topological polar surface area (TPSA) is 80.6 Å². The number of nitrogens with one attached hydrogen (secondary N) is 1. The highest BCUT2D eigenvalue weighted by atomic mass is 19.4. The van der Waals surface area contributed by atoms with Crippen molar-refractivity contribution in [2.75, 3.05) is 19.6 Å². The van der Waals surface area contributed by atoms with Crippen LogP contribution >= 0.6 is 0 Å². The van der Waals surface area contributed by atoms with Crippen LogP contribution < -0.4 is 5.43 Å². The monoisotopic (exact) mass is 318 g/mol. The molecule has 0 bridgehead atoms. The molecule has 0 atom stereocenters. The minimum absolute atomic E-state index is 0.319. The maximum atomic E-state index is 11.5. The number of aliphatic carboxylic acids is 1. The number of para-hydroxylation sites is 1. The molecule has 6 nitrogen and oxygen atoms in total. The van der Waals surface area contributed by atoms with Crippen LogP contribution in [0.25, 0.3) is 10.9 Å². The van der Waals surface area contributed by atoms with Crippen LogP contribution in [0.5, 0.6) is 0 Å². The first-order valence-corrected chi connectivity index (χ1v) is 5.88. The molecule has 0 amide bonds. The summed E-state index contributed by atoms with van der Waals surface area (Å²) < 4.78 is 38.3. The fraction of sp³-hybridized carbons (Fsp3) is 0.231. The molecule has 22 heavy (non-hydrogen) atoms. The summed E-state index contributed by atoms with van der Waals surface area (Å²) in [5.41, 5.74) is 4.51. The van der Waals surface area contributed by atoms with Crippen LogP contribution in [-0.2, 0) is 9.53 Å². The predicted molar refractivity (Wildman–Crippen MR) is 72.3 cm³/mol. The third-order valence-corrected chi connectivity index (χ3v) is 2.60. The van der Waals surface area contributed by atoms with Crippen molar-refractivity contribution in [2.24, 2.45) is 0 Å². The number of fused-ring (bicyclic) bond motifs is 1. The largest absolute Gasteiger partial charge is 0.490 e. The number of esters is 1. The third-order valence-electron chi connectivity index (χ3n) is 2.60. The molecule has 0 aliphatic rings. The van der Waals surface area contributed by atoms with Crippen LogP contribution in [-0.4, -0.2) is 42.1 Å². The molecule has 0 spiro atoms. The summed E-state index contributed by atoms with van der Waals surface area (Å²) in [5, 5.41) is 8.01. The average molecular weight is 318 g/mol. The molecule has 0 radical (unpaired) electrons. The number of benzene rings is 1. The van der Waals surface area contributed by atoms with Gasteiger partial charge in [0.15, 0.2) is 0 Å². The average Bonchev–Trinajstić information content (AvgIpc) is 2.85. The van der Waals surface area contributed by atoms with Crippen LogP contribution in [0.15, 0.2) is 30.5 Å². The quantitative estimate of drug-likeness (QED) is 0.830. The molecular formula is C13H13F3N2O4. The van der Waals surface area contributed by atoms with E-state index in [1.165, 1.54) is 7.11 Å². The maximum Gasteiger partial charge on any atom is 0.490 e. The number of aromatic nitrogens is 1. The summed E-state index contributed by atoms with van der Waals surface area (Å²) >= 11 is 0. The Morgan fingerprint density at radius 1 is 1.27 bits per heavy atom. The standard InChI is InChI=1S/C11H12N2O2.C2HF3O2/c1-12-13-7-9(11(14)15-2)8-5-3-4-6-10(8)13;3-2(4,5)1(6)7/h3-7,12H,1-2H3;(H,6,7). The molecule has 120 valence electrons. The molecule has 0 aliphatic heterocycles. The maximum absolute atomic E-state index is 11.5. The van der Waals surface area contributed by atoms with E-state index in [9.17, 15) is 18.0 Å². The van der Waals surface area contributed by atoms with Gasteiger partial charge in [-0.1, -0.05) is 18.2 Å². The summed E-state index contributed by atoms with van der Waals surface area (Å²) in [6.45, 7) is 0. The van der Waals surface area contributed by atoms with Crippen molar-refractivity contribution in [2.45, 2.75) is 6.18 Å². The zero-order valence-corrected chi connectivity index (χ0v) is 11.6. The Morgan fingerprint density at radius 3 is 2.27 bits per heavy atom. The minimum Gasteiger partial charge on any atom is -0.475 e. The van der Waals surface area contributed by atoms with Crippen molar-refractivity contribution in [1.29, 1.82) is 0 Å². The van der Waals surface area contributed by atoms with Gasteiger partial charge in [0.25, 0.3) is 0 Å². The number of carboxylic acids is 1. The SMILES string of the molecule is CNn1cc(C(=O)OC)c2ccccc21.O=C(O)C(F)(F)F. The van der Waals surface area contributed by atoms with E-state index in [-0.39, 0.29) is 5.97 Å². The molecule has 1 aromatic carbocycles. The van der Waals surface area contributed by atoms with Gasteiger partial charge in [0.2, 0.25) is 0 Å². The van der Waals surface area contributed by atoms with Gasteiger partial charge < -0.3 is 15.3 Å². The summed E-state index contributed by atoms with van der Waals surface area (Å²) in [6.07, 6.45) is -3.35. The van der Waals surface area contributed by atoms with Gasteiger partial charge in [0.05, 0.1) is 18.2 Å². The fourth-order valence-corrected chi connectivity index (χ4v) is 1.64. The van der Waals surface area contributed by atoms with Crippen molar-refractivity contribution >= 4 is 22.8 Å². The number of carboxylic acid groups (broad SMARTS) is 1. The number of alkyl halides is 3. The number of carbonyl (C=O) groups is 2. The molecule has 1 aromatic heterocycles. The van der Waals surface area contributed by atoms with E-state index in [2.05, 4.69) is 5.43 Å². The third kappa shape index (κ3) is 3.90. The van der Waals surface area contributed by atoms with Crippen molar-refractivity contribution < 1.29 is 32.6 Å². The lowest BCUT2D eigenvalue weighted by atomic mass is 10.2. The molecule has 0 aliphatic carbocycles. The Morgan fingerprint density at radius 2 is 1.82 bits per heavy atom. The second-order valence-electron chi connectivity index (χ2n) is 3.95. The predicted octanol–water partition coefficient (Wildman–Crippen LogP) is 2.23. The Kier molecular flexibility index (Phi) is 5.39. The van der Waals surface area contributed by atoms with Crippen molar-refractivity contribution in [3.05, 3.63) is 36.0 Å². The van der Waals surface area contributed by atoms with Gasteiger partial charge in [-0.2, -0.15) is 13.2 Å². The smallest absolute Gasteiger partial charge is 0.475 e. The number of hydrogen-bond acceptors (Lipinski definition) is 4. The number of carbonyl (C=O) groups excluding carboxylic acids is 1. The van der Waals surface area contributed by atoms with Gasteiger partial charge in [-0.15, -0.1) is 0 Å². The van der Waals surface area contributed by atoms with Crippen molar-refractivity contribution in [1.82, 2.24) is 4.68 Å². The number of methoxy groups -OCH3 is 1. The molecule has 0 fully saturated rings. The molecule has 2 rings (SSSR count). The molecule has 0 unspecified atom stereocenters. The van der Waals surface area contributed by atoms with Crippen molar-refractivity contribution in [3.8, 4) is 0 Å². The number of nitrogens with zero attached hydrogens (tertiary/aromatic N) is 1. The second kappa shape index (κ2) is 6.83. The Balaban J connectivity index is 0.000000295. The first-order valence-electron chi connectivity index (χ1n) is 5.88. The van der Waals surface area contributed by atoms with Gasteiger partial charge in [-0.3, -0.25) is 4.68 Å². The minimum atomic E-state index is -5.08. The lowest BCUT2D eigenvalue weighted by Crippen LogP contribution is -2.21. The van der Waals surface area contributed by atoms with Gasteiger partial charge in [0, 0.05) is 18.6 Å². The van der Waals surface area contributed by atoms with Crippen LogP contribution in [0.2, 0.25) is 0 Å². The number of rotatable bonds is 2. The molecule has 2 N–H and O–H groups in total. The van der Waals surface area contributed by atoms with Gasteiger partial charge in [0.1, 0.15) is 0 Å². The molecule has 0 saturated heterocycles. The highest BCUT2D eigenvalue weighted by Crippen LogP contribution is 2.20. The van der Waals surface area contributed by atoms with E-state index >= 15 is 0 Å².